The summed E-state index contributed by atoms with van der Waals surface area (Å²) in [6.45, 7) is 2.06. The Morgan fingerprint density at radius 1 is 1.14 bits per heavy atom. The van der Waals surface area contributed by atoms with Crippen molar-refractivity contribution in [2.75, 3.05) is 0 Å². The van der Waals surface area contributed by atoms with Gasteiger partial charge in [0.05, 0.1) is 17.9 Å². The highest BCUT2D eigenvalue weighted by Gasteiger charge is 2.14. The molecule has 0 saturated heterocycles. The van der Waals surface area contributed by atoms with Crippen molar-refractivity contribution in [3.8, 4) is 5.69 Å². The van der Waals surface area contributed by atoms with Crippen molar-refractivity contribution < 1.29 is 0 Å². The maximum absolute atomic E-state index is 6.38. The van der Waals surface area contributed by atoms with Gasteiger partial charge in [0.2, 0.25) is 0 Å². The number of hydrogen-bond donors (Lipinski definition) is 1. The van der Waals surface area contributed by atoms with Crippen LogP contribution in [0.25, 0.3) is 5.69 Å². The maximum atomic E-state index is 6.38. The van der Waals surface area contributed by atoms with Gasteiger partial charge in [0, 0.05) is 16.2 Å². The van der Waals surface area contributed by atoms with E-state index in [1.807, 2.05) is 47.4 Å². The van der Waals surface area contributed by atoms with E-state index in [1.54, 1.807) is 0 Å². The van der Waals surface area contributed by atoms with Gasteiger partial charge in [0.15, 0.2) is 0 Å². The number of para-hydroxylation sites is 1. The third-order valence-corrected chi connectivity index (χ3v) is 4.16. The molecule has 0 spiro atoms. The summed E-state index contributed by atoms with van der Waals surface area (Å²) in [6.07, 6.45) is 3.80. The monoisotopic (exact) mass is 341 g/mol. The molecular formula is C17H16BrN3. The van der Waals surface area contributed by atoms with E-state index in [0.29, 0.717) is 0 Å². The second-order valence-corrected chi connectivity index (χ2v) is 5.91. The number of halogens is 1. The normalized spacial score (nSPS) is 12.3. The fourth-order valence-corrected chi connectivity index (χ4v) is 3.02. The predicted octanol–water partition coefficient (Wildman–Crippen LogP) is 3.99. The first-order valence-corrected chi connectivity index (χ1v) is 7.56. The molecule has 1 aromatic heterocycles. The van der Waals surface area contributed by atoms with E-state index < -0.39 is 0 Å². The van der Waals surface area contributed by atoms with Crippen LogP contribution in [0.5, 0.6) is 0 Å². The summed E-state index contributed by atoms with van der Waals surface area (Å²) in [7, 11) is 0. The van der Waals surface area contributed by atoms with Gasteiger partial charge in [0.1, 0.15) is 0 Å². The van der Waals surface area contributed by atoms with E-state index in [-0.39, 0.29) is 6.04 Å². The zero-order valence-corrected chi connectivity index (χ0v) is 13.3. The van der Waals surface area contributed by atoms with E-state index in [4.69, 9.17) is 5.73 Å². The summed E-state index contributed by atoms with van der Waals surface area (Å²) < 4.78 is 2.87. The van der Waals surface area contributed by atoms with E-state index in [0.717, 1.165) is 21.3 Å². The summed E-state index contributed by atoms with van der Waals surface area (Å²) in [4.78, 5) is 0. The lowest BCUT2D eigenvalue weighted by molar-refractivity contribution is 0.857. The van der Waals surface area contributed by atoms with Crippen molar-refractivity contribution in [1.29, 1.82) is 0 Å². The largest absolute Gasteiger partial charge is 0.320 e. The van der Waals surface area contributed by atoms with Gasteiger partial charge in [-0.25, -0.2) is 4.68 Å². The topological polar surface area (TPSA) is 43.8 Å². The van der Waals surface area contributed by atoms with E-state index in [9.17, 15) is 0 Å². The van der Waals surface area contributed by atoms with Gasteiger partial charge < -0.3 is 5.73 Å². The van der Waals surface area contributed by atoms with Crippen LogP contribution in [0.1, 0.15) is 22.7 Å². The molecule has 0 fully saturated rings. The van der Waals surface area contributed by atoms with Crippen LogP contribution < -0.4 is 5.73 Å². The van der Waals surface area contributed by atoms with Crippen molar-refractivity contribution in [2.24, 2.45) is 5.73 Å². The summed E-state index contributed by atoms with van der Waals surface area (Å²) in [5.41, 5.74) is 10.7. The molecule has 0 aliphatic heterocycles. The Labute approximate surface area is 132 Å². The van der Waals surface area contributed by atoms with Crippen LogP contribution in [0.2, 0.25) is 0 Å². The molecule has 1 unspecified atom stereocenters. The maximum Gasteiger partial charge on any atom is 0.0645 e. The molecule has 3 rings (SSSR count). The van der Waals surface area contributed by atoms with E-state index in [2.05, 4.69) is 46.2 Å². The Bertz CT molecular complexity index is 750. The molecule has 0 aliphatic carbocycles. The Kier molecular flexibility index (Phi) is 3.90. The number of aromatic nitrogens is 2. The second-order valence-electron chi connectivity index (χ2n) is 5.06. The molecule has 4 heteroatoms. The first-order chi connectivity index (χ1) is 10.1. The van der Waals surface area contributed by atoms with Gasteiger partial charge in [-0.15, -0.1) is 0 Å². The molecule has 0 saturated carbocycles. The molecule has 1 heterocycles. The summed E-state index contributed by atoms with van der Waals surface area (Å²) >= 11 is 3.59. The molecule has 0 radical (unpaired) electrons. The van der Waals surface area contributed by atoms with Gasteiger partial charge in [0.25, 0.3) is 0 Å². The Morgan fingerprint density at radius 3 is 2.62 bits per heavy atom. The Morgan fingerprint density at radius 2 is 1.90 bits per heavy atom. The lowest BCUT2D eigenvalue weighted by atomic mass is 10.0. The molecule has 2 N–H and O–H groups in total. The quantitative estimate of drug-likeness (QED) is 0.782. The standard InChI is InChI=1S/C17H16BrN3/c1-12-7-8-15(16(18)9-12)17(19)13-10-20-21(11-13)14-5-3-2-4-6-14/h2-11,17H,19H2,1H3. The van der Waals surface area contributed by atoms with Crippen LogP contribution in [0, 0.1) is 6.92 Å². The highest BCUT2D eigenvalue weighted by atomic mass is 79.9. The first kappa shape index (κ1) is 14.0. The van der Waals surface area contributed by atoms with Gasteiger partial charge in [-0.3, -0.25) is 0 Å². The molecule has 2 aromatic carbocycles. The van der Waals surface area contributed by atoms with Crippen molar-refractivity contribution in [3.05, 3.63) is 82.1 Å². The Hall–Kier alpha value is -1.91. The average molecular weight is 342 g/mol. The third-order valence-electron chi connectivity index (χ3n) is 3.47. The van der Waals surface area contributed by atoms with Crippen LogP contribution in [-0.4, -0.2) is 9.78 Å². The summed E-state index contributed by atoms with van der Waals surface area (Å²) in [5.74, 6) is 0. The third kappa shape index (κ3) is 2.91. The van der Waals surface area contributed by atoms with Crippen LogP contribution >= 0.6 is 15.9 Å². The lowest BCUT2D eigenvalue weighted by Gasteiger charge is -2.12. The second kappa shape index (κ2) is 5.84. The number of hydrogen-bond acceptors (Lipinski definition) is 2. The predicted molar refractivity (Wildman–Crippen MR) is 88.5 cm³/mol. The van der Waals surface area contributed by atoms with Gasteiger partial charge in [-0.05, 0) is 36.2 Å². The molecule has 0 amide bonds. The fourth-order valence-electron chi connectivity index (χ4n) is 2.28. The Balaban J connectivity index is 1.92. The highest BCUT2D eigenvalue weighted by Crippen LogP contribution is 2.27. The molecule has 1 atom stereocenters. The fraction of sp³-hybridized carbons (Fsp3) is 0.118. The van der Waals surface area contributed by atoms with Gasteiger partial charge in [-0.1, -0.05) is 46.3 Å². The molecule has 3 aromatic rings. The first-order valence-electron chi connectivity index (χ1n) is 6.77. The van der Waals surface area contributed by atoms with Crippen LogP contribution in [0.15, 0.2) is 65.4 Å². The molecule has 21 heavy (non-hydrogen) atoms. The average Bonchev–Trinajstić information content (AvgIpc) is 2.97. The number of aryl methyl sites for hydroxylation is 1. The zero-order chi connectivity index (χ0) is 14.8. The van der Waals surface area contributed by atoms with Crippen LogP contribution in [0.4, 0.5) is 0 Å². The van der Waals surface area contributed by atoms with E-state index >= 15 is 0 Å². The van der Waals surface area contributed by atoms with E-state index in [1.165, 1.54) is 5.56 Å². The number of rotatable bonds is 3. The number of benzene rings is 2. The smallest absolute Gasteiger partial charge is 0.0645 e. The number of nitrogens with zero attached hydrogens (tertiary/aromatic N) is 2. The molecular weight excluding hydrogens is 326 g/mol. The highest BCUT2D eigenvalue weighted by molar-refractivity contribution is 9.10. The van der Waals surface area contributed by atoms with Crippen molar-refractivity contribution in [1.82, 2.24) is 9.78 Å². The minimum Gasteiger partial charge on any atom is -0.320 e. The van der Waals surface area contributed by atoms with Crippen LogP contribution in [-0.2, 0) is 0 Å². The molecule has 0 aliphatic rings. The summed E-state index contributed by atoms with van der Waals surface area (Å²) in [5, 5.41) is 4.40. The van der Waals surface area contributed by atoms with Crippen molar-refractivity contribution in [2.45, 2.75) is 13.0 Å². The molecule has 3 nitrogen and oxygen atoms in total. The van der Waals surface area contributed by atoms with Gasteiger partial charge in [-0.2, -0.15) is 5.10 Å². The molecule has 0 bridgehead atoms. The minimum atomic E-state index is -0.197. The summed E-state index contributed by atoms with van der Waals surface area (Å²) in [6, 6.07) is 16.0. The SMILES string of the molecule is Cc1ccc(C(N)c2cnn(-c3ccccc3)c2)c(Br)c1. The molecule has 106 valence electrons. The van der Waals surface area contributed by atoms with Gasteiger partial charge >= 0.3 is 0 Å². The van der Waals surface area contributed by atoms with Crippen molar-refractivity contribution in [3.63, 3.8) is 0 Å². The van der Waals surface area contributed by atoms with Crippen LogP contribution in [0.3, 0.4) is 0 Å². The minimum absolute atomic E-state index is 0.197. The van der Waals surface area contributed by atoms with Crippen molar-refractivity contribution >= 4 is 15.9 Å². The zero-order valence-electron chi connectivity index (χ0n) is 11.7. The lowest BCUT2D eigenvalue weighted by Crippen LogP contribution is -2.11. The number of nitrogens with two attached hydrogens (primary N) is 1.